The highest BCUT2D eigenvalue weighted by Crippen LogP contribution is 2.18. The van der Waals surface area contributed by atoms with Crippen LogP contribution in [0.15, 0.2) is 0 Å². The van der Waals surface area contributed by atoms with Gasteiger partial charge in [0.05, 0.1) is 19.6 Å². The van der Waals surface area contributed by atoms with Crippen molar-refractivity contribution in [3.63, 3.8) is 0 Å². The minimum absolute atomic E-state index is 0. The number of rotatable bonds is 17. The summed E-state index contributed by atoms with van der Waals surface area (Å²) in [5, 5.41) is 0. The topological polar surface area (TPSA) is 35.4 Å². The van der Waals surface area contributed by atoms with Crippen molar-refractivity contribution < 1.29 is 30.6 Å². The summed E-state index contributed by atoms with van der Waals surface area (Å²) in [5.74, 6) is 0. The number of nitrogens with zero attached hydrogens (tertiary/aromatic N) is 1. The maximum atomic E-state index is 5.96. The van der Waals surface area contributed by atoms with Gasteiger partial charge in [-0.2, -0.15) is 0 Å². The first-order valence-electron chi connectivity index (χ1n) is 11.2. The smallest absolute Gasteiger partial charge is 0.500 e. The molecule has 5 nitrogen and oxygen atoms in total. The normalized spacial score (nSPS) is 18.0. The summed E-state index contributed by atoms with van der Waals surface area (Å²) in [4.78, 5) is 4.37. The molecule has 1 atom stereocenters. The highest BCUT2D eigenvalue weighted by Gasteiger charge is 2.40. The fraction of sp³-hybridized carbons (Fsp3) is 1.00. The van der Waals surface area contributed by atoms with Gasteiger partial charge in [-0.1, -0.05) is 32.6 Å². The Morgan fingerprint density at radius 1 is 0.815 bits per heavy atom. The van der Waals surface area contributed by atoms with Crippen LogP contribution in [0.2, 0.25) is 6.04 Å². The molecule has 1 fully saturated rings. The van der Waals surface area contributed by atoms with E-state index >= 15 is 0 Å². The quantitative estimate of drug-likeness (QED) is 0.262. The van der Waals surface area contributed by atoms with E-state index in [9.17, 15) is 0 Å². The average Bonchev–Trinajstić information content (AvgIpc) is 3.06. The molecular formula is C20H45ClN2O3Si. The number of hydrogen-bond donors (Lipinski definition) is 1. The van der Waals surface area contributed by atoms with E-state index in [0.717, 1.165) is 19.0 Å². The highest BCUT2D eigenvalue weighted by molar-refractivity contribution is 6.60. The van der Waals surface area contributed by atoms with Crippen molar-refractivity contribution in [3.05, 3.63) is 0 Å². The van der Waals surface area contributed by atoms with Gasteiger partial charge in [0.1, 0.15) is 6.67 Å². The second-order valence-corrected chi connectivity index (χ2v) is 10.1. The largest absolute Gasteiger partial charge is 1.00 e. The predicted octanol–water partition coefficient (Wildman–Crippen LogP) is -0.0526. The lowest BCUT2D eigenvalue weighted by Gasteiger charge is -2.28. The lowest BCUT2D eigenvalue weighted by atomic mass is 10.1. The minimum Gasteiger partial charge on any atom is -1.00 e. The van der Waals surface area contributed by atoms with Gasteiger partial charge in [-0.05, 0) is 40.0 Å². The zero-order valence-corrected chi connectivity index (χ0v) is 20.1. The standard InChI is InChI=1S/C20H44N2O3Si.ClH/c1-5-9-10-11-12-13-15-21-17-18-22(20-21)16-14-19-26(23-6-2,24-7-3)25-8-4;/h5-20H2,1-4H3;1H. The van der Waals surface area contributed by atoms with Crippen LogP contribution < -0.4 is 17.3 Å². The third kappa shape index (κ3) is 11.8. The van der Waals surface area contributed by atoms with Crippen LogP contribution in [-0.4, -0.2) is 66.4 Å². The molecular weight excluding hydrogens is 380 g/mol. The van der Waals surface area contributed by atoms with Crippen molar-refractivity contribution in [2.24, 2.45) is 0 Å². The number of unbranched alkanes of at least 4 members (excludes halogenated alkanes) is 5. The Bertz CT molecular complexity index is 323. The Morgan fingerprint density at radius 3 is 2.00 bits per heavy atom. The number of quaternary nitrogens is 1. The maximum Gasteiger partial charge on any atom is 0.500 e. The summed E-state index contributed by atoms with van der Waals surface area (Å²) in [5.41, 5.74) is 0. The van der Waals surface area contributed by atoms with Crippen LogP contribution in [0.25, 0.3) is 0 Å². The first-order valence-corrected chi connectivity index (χ1v) is 13.1. The maximum absolute atomic E-state index is 5.96. The summed E-state index contributed by atoms with van der Waals surface area (Å²) in [6.45, 7) is 16.6. The lowest BCUT2D eigenvalue weighted by Crippen LogP contribution is -3.10. The average molecular weight is 425 g/mol. The van der Waals surface area contributed by atoms with Crippen LogP contribution in [-0.2, 0) is 13.3 Å². The molecule has 0 aromatic carbocycles. The van der Waals surface area contributed by atoms with E-state index in [0.29, 0.717) is 19.8 Å². The molecule has 0 aromatic heterocycles. The molecule has 27 heavy (non-hydrogen) atoms. The van der Waals surface area contributed by atoms with E-state index in [1.165, 1.54) is 64.8 Å². The van der Waals surface area contributed by atoms with Crippen molar-refractivity contribution in [1.29, 1.82) is 0 Å². The van der Waals surface area contributed by atoms with Crippen molar-refractivity contribution in [2.45, 2.75) is 78.7 Å². The van der Waals surface area contributed by atoms with Gasteiger partial charge in [0.25, 0.3) is 0 Å². The zero-order valence-electron chi connectivity index (χ0n) is 18.4. The monoisotopic (exact) mass is 424 g/mol. The number of hydrogen-bond acceptors (Lipinski definition) is 4. The van der Waals surface area contributed by atoms with E-state index in [2.05, 4.69) is 11.8 Å². The van der Waals surface area contributed by atoms with E-state index in [1.54, 1.807) is 4.90 Å². The fourth-order valence-electron chi connectivity index (χ4n) is 3.86. The molecule has 1 unspecified atom stereocenters. The molecule has 1 aliphatic heterocycles. The van der Waals surface area contributed by atoms with Crippen molar-refractivity contribution in [1.82, 2.24) is 4.90 Å². The summed E-state index contributed by atoms with van der Waals surface area (Å²) in [6, 6.07) is 0.936. The summed E-state index contributed by atoms with van der Waals surface area (Å²) < 4.78 is 17.9. The highest BCUT2D eigenvalue weighted by atomic mass is 35.5. The first kappa shape index (κ1) is 27.3. The predicted molar refractivity (Wildman–Crippen MR) is 111 cm³/mol. The molecule has 0 saturated carbocycles. The summed E-state index contributed by atoms with van der Waals surface area (Å²) >= 11 is 0. The molecule has 0 bridgehead atoms. The SMILES string of the molecule is CCCCCCCC[NH+]1CCN(CCC[Si](OCC)(OCC)OCC)C1.[Cl-]. The number of halogens is 1. The Morgan fingerprint density at radius 2 is 1.41 bits per heavy atom. The van der Waals surface area contributed by atoms with E-state index in [1.807, 2.05) is 20.8 Å². The molecule has 1 rings (SSSR count). The van der Waals surface area contributed by atoms with Gasteiger partial charge in [-0.15, -0.1) is 0 Å². The molecule has 164 valence electrons. The Kier molecular flexibility index (Phi) is 17.4. The lowest BCUT2D eigenvalue weighted by molar-refractivity contribution is -0.892. The van der Waals surface area contributed by atoms with Gasteiger partial charge in [0.15, 0.2) is 0 Å². The summed E-state index contributed by atoms with van der Waals surface area (Å²) in [7, 11) is -2.46. The van der Waals surface area contributed by atoms with Crippen molar-refractivity contribution in [2.75, 3.05) is 52.7 Å². The van der Waals surface area contributed by atoms with Crippen LogP contribution in [0, 0.1) is 0 Å². The van der Waals surface area contributed by atoms with Gasteiger partial charge >= 0.3 is 8.80 Å². The molecule has 1 saturated heterocycles. The van der Waals surface area contributed by atoms with Gasteiger partial charge in [-0.25, -0.2) is 0 Å². The van der Waals surface area contributed by atoms with Crippen molar-refractivity contribution >= 4 is 8.80 Å². The second kappa shape index (κ2) is 17.2. The molecule has 1 N–H and O–H groups in total. The van der Waals surface area contributed by atoms with Gasteiger partial charge < -0.3 is 30.6 Å². The molecule has 0 aromatic rings. The molecule has 0 spiro atoms. The van der Waals surface area contributed by atoms with E-state index in [-0.39, 0.29) is 12.4 Å². The molecule has 0 radical (unpaired) electrons. The summed E-state index contributed by atoms with van der Waals surface area (Å²) in [6.07, 6.45) is 9.49. The third-order valence-corrected chi connectivity index (χ3v) is 8.31. The van der Waals surface area contributed by atoms with E-state index < -0.39 is 8.80 Å². The molecule has 7 heteroatoms. The van der Waals surface area contributed by atoms with Gasteiger partial charge in [-0.3, -0.25) is 4.90 Å². The molecule has 0 aliphatic carbocycles. The molecule has 1 heterocycles. The molecule has 0 amide bonds. The second-order valence-electron chi connectivity index (χ2n) is 7.38. The zero-order chi connectivity index (χ0) is 19.1. The third-order valence-electron chi connectivity index (χ3n) is 5.16. The minimum atomic E-state index is -2.46. The fourth-order valence-corrected chi connectivity index (χ4v) is 6.45. The van der Waals surface area contributed by atoms with E-state index in [4.69, 9.17) is 13.3 Å². The van der Waals surface area contributed by atoms with Crippen LogP contribution in [0.1, 0.15) is 72.6 Å². The Labute approximate surface area is 175 Å². The van der Waals surface area contributed by atoms with Crippen LogP contribution >= 0.6 is 0 Å². The first-order chi connectivity index (χ1) is 12.7. The Hall–Kier alpha value is 0.307. The van der Waals surface area contributed by atoms with Gasteiger partial charge in [0, 0.05) is 32.4 Å². The van der Waals surface area contributed by atoms with Crippen molar-refractivity contribution in [3.8, 4) is 0 Å². The van der Waals surface area contributed by atoms with Crippen LogP contribution in [0.3, 0.4) is 0 Å². The van der Waals surface area contributed by atoms with Crippen LogP contribution in [0.4, 0.5) is 0 Å². The molecule has 1 aliphatic rings. The number of nitrogens with one attached hydrogen (secondary N) is 1. The van der Waals surface area contributed by atoms with Gasteiger partial charge in [0.2, 0.25) is 0 Å². The van der Waals surface area contributed by atoms with Crippen LogP contribution in [0.5, 0.6) is 0 Å². The Balaban J connectivity index is 0.00000676.